The van der Waals surface area contributed by atoms with Crippen LogP contribution in [0.25, 0.3) is 23.0 Å². The summed E-state index contributed by atoms with van der Waals surface area (Å²) >= 11 is 13.0. The van der Waals surface area contributed by atoms with Crippen LogP contribution >= 0.6 is 35.6 Å². The molecule has 2 aromatic carbocycles. The van der Waals surface area contributed by atoms with Crippen LogP contribution in [0.15, 0.2) is 59.6 Å². The number of benzene rings is 2. The fourth-order valence-corrected chi connectivity index (χ4v) is 5.10. The van der Waals surface area contributed by atoms with Crippen molar-refractivity contribution < 1.29 is 19.4 Å². The number of aromatic nitrogens is 2. The third-order valence-corrected chi connectivity index (χ3v) is 7.11. The first-order valence-electron chi connectivity index (χ1n) is 11.4. The third kappa shape index (κ3) is 5.98. The summed E-state index contributed by atoms with van der Waals surface area (Å²) in [5, 5.41) is 14.3. The van der Waals surface area contributed by atoms with Crippen LogP contribution in [-0.4, -0.2) is 49.1 Å². The molecule has 0 atom stereocenters. The van der Waals surface area contributed by atoms with Crippen molar-refractivity contribution in [2.45, 2.75) is 26.2 Å². The number of carboxylic acids is 1. The van der Waals surface area contributed by atoms with Crippen LogP contribution in [0.4, 0.5) is 0 Å². The Bertz CT molecular complexity index is 1320. The molecule has 4 rings (SSSR count). The van der Waals surface area contributed by atoms with Gasteiger partial charge in [-0.1, -0.05) is 67.1 Å². The minimum atomic E-state index is -0.988. The van der Waals surface area contributed by atoms with E-state index in [2.05, 4.69) is 6.92 Å². The Morgan fingerprint density at radius 3 is 2.72 bits per heavy atom. The Labute approximate surface area is 223 Å². The van der Waals surface area contributed by atoms with E-state index in [1.165, 1.54) is 4.90 Å². The number of amides is 1. The monoisotopic (exact) mass is 541 g/mol. The van der Waals surface area contributed by atoms with Crippen LogP contribution in [0, 0.1) is 0 Å². The number of thiocarbonyl (C=S) groups is 1. The second kappa shape index (κ2) is 11.7. The molecule has 36 heavy (non-hydrogen) atoms. The van der Waals surface area contributed by atoms with Gasteiger partial charge in [0.25, 0.3) is 5.91 Å². The van der Waals surface area contributed by atoms with E-state index in [1.807, 2.05) is 48.7 Å². The highest BCUT2D eigenvalue weighted by atomic mass is 35.5. The molecule has 0 spiro atoms. The third-order valence-electron chi connectivity index (χ3n) is 5.43. The second-order valence-corrected chi connectivity index (χ2v) is 10.1. The Morgan fingerprint density at radius 2 is 2.03 bits per heavy atom. The van der Waals surface area contributed by atoms with E-state index in [1.54, 1.807) is 16.8 Å². The van der Waals surface area contributed by atoms with E-state index in [9.17, 15) is 9.59 Å². The van der Waals surface area contributed by atoms with Gasteiger partial charge in [0.1, 0.15) is 15.8 Å². The van der Waals surface area contributed by atoms with Crippen molar-refractivity contribution in [3.05, 3.63) is 70.2 Å². The molecule has 0 saturated carbocycles. The van der Waals surface area contributed by atoms with E-state index < -0.39 is 5.97 Å². The van der Waals surface area contributed by atoms with E-state index in [0.717, 1.165) is 35.9 Å². The number of ether oxygens (including phenoxy) is 1. The predicted octanol–water partition coefficient (Wildman–Crippen LogP) is 6.05. The van der Waals surface area contributed by atoms with Crippen molar-refractivity contribution >= 4 is 57.9 Å². The number of thioether (sulfide) groups is 1. The van der Waals surface area contributed by atoms with Crippen molar-refractivity contribution in [1.29, 1.82) is 0 Å². The first-order chi connectivity index (χ1) is 17.4. The standard InChI is InChI=1S/C26H24ClN3O4S2/c1-2-3-13-34-21-10-9-17(14-20(21)27)24-18(16-30(28-24)19-7-5-4-6-8-19)15-22-25(33)29(26(35)36-22)12-11-23(31)32/h4-10,14-16H,2-3,11-13H2,1H3,(H,31,32). The number of rotatable bonds is 10. The Balaban J connectivity index is 1.71. The van der Waals surface area contributed by atoms with Crippen LogP contribution in [0.2, 0.25) is 5.02 Å². The molecule has 0 bridgehead atoms. The summed E-state index contributed by atoms with van der Waals surface area (Å²) in [6, 6.07) is 15.1. The van der Waals surface area contributed by atoms with E-state index >= 15 is 0 Å². The Hall–Kier alpha value is -3.14. The topological polar surface area (TPSA) is 84.7 Å². The zero-order valence-corrected chi connectivity index (χ0v) is 21.9. The maximum Gasteiger partial charge on any atom is 0.305 e. The van der Waals surface area contributed by atoms with Gasteiger partial charge in [-0.25, -0.2) is 4.68 Å². The number of carboxylic acid groups (broad SMARTS) is 1. The number of hydrogen-bond acceptors (Lipinski definition) is 6. The van der Waals surface area contributed by atoms with Crippen molar-refractivity contribution in [2.24, 2.45) is 0 Å². The number of para-hydroxylation sites is 1. The fourth-order valence-electron chi connectivity index (χ4n) is 3.56. The lowest BCUT2D eigenvalue weighted by Crippen LogP contribution is -2.30. The smallest absolute Gasteiger partial charge is 0.305 e. The summed E-state index contributed by atoms with van der Waals surface area (Å²) in [5.74, 6) is -0.696. The first-order valence-corrected chi connectivity index (χ1v) is 13.0. The van der Waals surface area contributed by atoms with Gasteiger partial charge in [0.05, 0.1) is 28.6 Å². The highest BCUT2D eigenvalue weighted by Gasteiger charge is 2.32. The SMILES string of the molecule is CCCCOc1ccc(-c2nn(-c3ccccc3)cc2C=C2SC(=S)N(CCC(=O)O)C2=O)cc1Cl. The molecule has 1 N–H and O–H groups in total. The average molecular weight is 542 g/mol. The van der Waals surface area contributed by atoms with Crippen LogP contribution in [-0.2, 0) is 9.59 Å². The van der Waals surface area contributed by atoms with E-state index in [0.29, 0.717) is 37.9 Å². The minimum absolute atomic E-state index is 0.0303. The number of unbranched alkanes of at least 4 members (excludes halogenated alkanes) is 1. The molecule has 1 aromatic heterocycles. The Kier molecular flexibility index (Phi) is 8.45. The lowest BCUT2D eigenvalue weighted by atomic mass is 10.1. The molecule has 0 unspecified atom stereocenters. The predicted molar refractivity (Wildman–Crippen MR) is 147 cm³/mol. The van der Waals surface area contributed by atoms with Gasteiger partial charge < -0.3 is 9.84 Å². The molecule has 1 aliphatic rings. The molecule has 3 aromatic rings. The zero-order valence-electron chi connectivity index (χ0n) is 19.5. The van der Waals surface area contributed by atoms with Crippen molar-refractivity contribution in [1.82, 2.24) is 14.7 Å². The van der Waals surface area contributed by atoms with Gasteiger partial charge in [-0.3, -0.25) is 14.5 Å². The number of aliphatic carboxylic acids is 1. The molecule has 1 fully saturated rings. The molecule has 10 heteroatoms. The van der Waals surface area contributed by atoms with E-state index in [-0.39, 0.29) is 18.9 Å². The van der Waals surface area contributed by atoms with Crippen molar-refractivity contribution in [3.8, 4) is 22.7 Å². The Morgan fingerprint density at radius 1 is 1.25 bits per heavy atom. The van der Waals surface area contributed by atoms with Crippen molar-refractivity contribution in [2.75, 3.05) is 13.2 Å². The van der Waals surface area contributed by atoms with Crippen LogP contribution in [0.1, 0.15) is 31.7 Å². The van der Waals surface area contributed by atoms with Crippen LogP contribution in [0.3, 0.4) is 0 Å². The highest BCUT2D eigenvalue weighted by molar-refractivity contribution is 8.26. The molecular formula is C26H24ClN3O4S2. The van der Waals surface area contributed by atoms with Crippen LogP contribution < -0.4 is 4.74 Å². The maximum absolute atomic E-state index is 13.0. The van der Waals surface area contributed by atoms with Gasteiger partial charge in [-0.15, -0.1) is 0 Å². The lowest BCUT2D eigenvalue weighted by molar-refractivity contribution is -0.137. The second-order valence-electron chi connectivity index (χ2n) is 8.04. The molecule has 186 valence electrons. The molecule has 1 amide bonds. The molecule has 2 heterocycles. The van der Waals surface area contributed by atoms with E-state index in [4.69, 9.17) is 38.8 Å². The van der Waals surface area contributed by atoms with Crippen molar-refractivity contribution in [3.63, 3.8) is 0 Å². The maximum atomic E-state index is 13.0. The lowest BCUT2D eigenvalue weighted by Gasteiger charge is -2.12. The zero-order chi connectivity index (χ0) is 25.7. The van der Waals surface area contributed by atoms with Gasteiger partial charge >= 0.3 is 5.97 Å². The minimum Gasteiger partial charge on any atom is -0.492 e. The number of hydrogen-bond donors (Lipinski definition) is 1. The quantitative estimate of drug-likeness (QED) is 0.190. The number of halogens is 1. The molecule has 7 nitrogen and oxygen atoms in total. The highest BCUT2D eigenvalue weighted by Crippen LogP contribution is 2.36. The summed E-state index contributed by atoms with van der Waals surface area (Å²) in [5.41, 5.74) is 2.97. The molecular weight excluding hydrogens is 518 g/mol. The summed E-state index contributed by atoms with van der Waals surface area (Å²) in [7, 11) is 0. The van der Waals surface area contributed by atoms with Crippen LogP contribution in [0.5, 0.6) is 5.75 Å². The van der Waals surface area contributed by atoms with Gasteiger partial charge in [0.15, 0.2) is 0 Å². The molecule has 0 radical (unpaired) electrons. The van der Waals surface area contributed by atoms with Gasteiger partial charge in [0, 0.05) is 23.9 Å². The number of carbonyl (C=O) groups excluding carboxylic acids is 1. The molecule has 0 aliphatic carbocycles. The summed E-state index contributed by atoms with van der Waals surface area (Å²) in [6.45, 7) is 2.72. The first kappa shape index (κ1) is 25.9. The molecule has 1 aliphatic heterocycles. The summed E-state index contributed by atoms with van der Waals surface area (Å²) < 4.78 is 7.86. The van der Waals surface area contributed by atoms with Gasteiger partial charge in [-0.05, 0) is 42.8 Å². The largest absolute Gasteiger partial charge is 0.492 e. The summed E-state index contributed by atoms with van der Waals surface area (Å²) in [4.78, 5) is 25.7. The number of carbonyl (C=O) groups is 2. The number of nitrogens with zero attached hydrogens (tertiary/aromatic N) is 3. The average Bonchev–Trinajstić information content (AvgIpc) is 3.40. The normalized spacial score (nSPS) is 14.6. The van der Waals surface area contributed by atoms with Gasteiger partial charge in [-0.2, -0.15) is 5.10 Å². The molecule has 1 saturated heterocycles. The van der Waals surface area contributed by atoms with Gasteiger partial charge in [0.2, 0.25) is 0 Å². The summed E-state index contributed by atoms with van der Waals surface area (Å²) in [6.07, 6.45) is 5.37. The fraction of sp³-hybridized carbons (Fsp3) is 0.231.